The second kappa shape index (κ2) is 33.1. The van der Waals surface area contributed by atoms with Gasteiger partial charge in [-0.25, -0.2) is 14.0 Å². The zero-order valence-corrected chi connectivity index (χ0v) is 53.6. The predicted octanol–water partition coefficient (Wildman–Crippen LogP) is -0.0351. The standard InChI is InChI=1S/C57H69N9O30/c1-25(67)79-22-43-46(85-28(4)70)49(88-31(7)73)52(91-34(10)76)55(94-43)64-16-37(58-61-64)19-82-40-13-41(83-20-38-17-65(62-59-38)56-53(92-35(11)77)50(89-32(8)74)47(86-29(5)71)44(95-56)23-80-26(2)68)15-42(14-40)84-21-39-18-66(63-60-39)57-54(93-36(12)78)51(90-33(9)75)48(87-30(6)72)45(96-57)24-81-27(3)69/h13-18,43-57H,19-24H2,1-12H3/t43-,44-,45-,46-,47-,48-,49+,50+,51+,52-,53-,54-,55-,56-,57-/m1/s1. The highest BCUT2D eigenvalue weighted by atomic mass is 16.7. The van der Waals surface area contributed by atoms with Crippen LogP contribution in [0.15, 0.2) is 36.8 Å². The lowest BCUT2D eigenvalue weighted by Crippen LogP contribution is -2.60. The SMILES string of the molecule is CC(=O)OC[C@H]1O[C@@H](n2cc(COc3cc(OCc4cn([C@@H]5O[C@H](COC(C)=O)[C@@H](OC(C)=O)[C@H](OC(C)=O)[C@H]5OC(C)=O)nn4)cc(OCc4cn([C@@H]5O[C@H](COC(C)=O)[C@@H](OC(C)=O)[C@H](OC(C)=O)[C@H]5OC(C)=O)nn4)c3)nn2)[C@H](OC(C)=O)[C@@H](OC(C)=O)[C@@H]1OC(C)=O. The molecule has 39 nitrogen and oxygen atoms in total. The smallest absolute Gasteiger partial charge is 0.303 e. The normalized spacial score (nSPS) is 25.2. The van der Waals surface area contributed by atoms with Crippen LogP contribution in [0.25, 0.3) is 0 Å². The summed E-state index contributed by atoms with van der Waals surface area (Å²) in [6.07, 6.45) is -18.1. The number of esters is 12. The highest BCUT2D eigenvalue weighted by Gasteiger charge is 2.56. The summed E-state index contributed by atoms with van der Waals surface area (Å²) in [4.78, 5) is 148. The minimum atomic E-state index is -1.55. The first-order valence-corrected chi connectivity index (χ1v) is 29.1. The average molecular weight is 1360 g/mol. The van der Waals surface area contributed by atoms with E-state index in [9.17, 15) is 57.5 Å². The third-order valence-corrected chi connectivity index (χ3v) is 13.4. The molecule has 3 aromatic heterocycles. The molecule has 0 radical (unpaired) electrons. The Morgan fingerprint density at radius 1 is 0.312 bits per heavy atom. The van der Waals surface area contributed by atoms with Crippen LogP contribution in [0.4, 0.5) is 0 Å². The molecular formula is C57H69N9O30. The average Bonchev–Trinajstić information content (AvgIpc) is 1.10. The van der Waals surface area contributed by atoms with Crippen molar-refractivity contribution in [2.24, 2.45) is 0 Å². The van der Waals surface area contributed by atoms with Gasteiger partial charge >= 0.3 is 71.6 Å². The van der Waals surface area contributed by atoms with Gasteiger partial charge in [0, 0.05) is 101 Å². The minimum Gasteiger partial charge on any atom is -0.487 e. The van der Waals surface area contributed by atoms with Gasteiger partial charge in [-0.05, 0) is 0 Å². The summed E-state index contributed by atoms with van der Waals surface area (Å²) in [6.45, 7) is 10.2. The van der Waals surface area contributed by atoms with Gasteiger partial charge in [0.15, 0.2) is 73.6 Å². The van der Waals surface area contributed by atoms with Crippen molar-refractivity contribution in [1.82, 2.24) is 45.0 Å². The van der Waals surface area contributed by atoms with Crippen LogP contribution in [0.5, 0.6) is 17.2 Å². The van der Waals surface area contributed by atoms with Crippen molar-refractivity contribution in [3.63, 3.8) is 0 Å². The molecule has 1 aromatic carbocycles. The van der Waals surface area contributed by atoms with E-state index in [1.54, 1.807) is 0 Å². The van der Waals surface area contributed by atoms with Gasteiger partial charge in [0.25, 0.3) is 0 Å². The number of nitrogens with zero attached hydrogens (tertiary/aromatic N) is 9. The molecule has 0 aliphatic carbocycles. The molecule has 522 valence electrons. The lowest BCUT2D eigenvalue weighted by atomic mass is 9.97. The zero-order valence-electron chi connectivity index (χ0n) is 53.6. The highest BCUT2D eigenvalue weighted by Crippen LogP contribution is 2.39. The van der Waals surface area contributed by atoms with Crippen molar-refractivity contribution in [1.29, 1.82) is 0 Å². The van der Waals surface area contributed by atoms with E-state index < -0.39 is 183 Å². The van der Waals surface area contributed by atoms with Gasteiger partial charge < -0.3 is 85.3 Å². The molecule has 3 aliphatic heterocycles. The molecule has 3 saturated heterocycles. The maximum absolute atomic E-state index is 12.6. The van der Waals surface area contributed by atoms with Gasteiger partial charge in [0.2, 0.25) is 0 Å². The van der Waals surface area contributed by atoms with E-state index in [1.165, 1.54) is 36.8 Å². The largest absolute Gasteiger partial charge is 0.487 e. The Morgan fingerprint density at radius 2 is 0.521 bits per heavy atom. The molecule has 7 rings (SSSR count). The summed E-state index contributed by atoms with van der Waals surface area (Å²) < 4.78 is 106. The fraction of sp³-hybridized carbons (Fsp3) is 0.579. The second-order valence-corrected chi connectivity index (χ2v) is 21.3. The van der Waals surface area contributed by atoms with Crippen LogP contribution in [-0.4, -0.2) is 210 Å². The fourth-order valence-electron chi connectivity index (χ4n) is 10.0. The van der Waals surface area contributed by atoms with E-state index in [0.29, 0.717) is 0 Å². The first-order chi connectivity index (χ1) is 45.4. The number of ether oxygens (including phenoxy) is 18. The lowest BCUT2D eigenvalue weighted by Gasteiger charge is -2.44. The van der Waals surface area contributed by atoms with E-state index in [-0.39, 0.29) is 54.2 Å². The highest BCUT2D eigenvalue weighted by molar-refractivity contribution is 5.71. The second-order valence-electron chi connectivity index (χ2n) is 21.3. The van der Waals surface area contributed by atoms with Crippen LogP contribution in [0, 0.1) is 0 Å². The molecule has 96 heavy (non-hydrogen) atoms. The summed E-state index contributed by atoms with van der Waals surface area (Å²) in [5.74, 6) is -9.85. The Kier molecular flexibility index (Phi) is 25.2. The molecule has 3 fully saturated rings. The third-order valence-electron chi connectivity index (χ3n) is 13.4. The molecule has 6 heterocycles. The Morgan fingerprint density at radius 3 is 0.729 bits per heavy atom. The Labute approximate surface area is 543 Å². The Balaban J connectivity index is 1.20. The van der Waals surface area contributed by atoms with Gasteiger partial charge in [-0.1, -0.05) is 15.6 Å². The van der Waals surface area contributed by atoms with Crippen molar-refractivity contribution in [3.05, 3.63) is 53.9 Å². The van der Waals surface area contributed by atoms with Gasteiger partial charge in [0.1, 0.15) is 92.3 Å². The number of carbonyl (C=O) groups excluding carboxylic acids is 12. The Hall–Kier alpha value is -10.4. The molecule has 0 spiro atoms. The summed E-state index contributed by atoms with van der Waals surface area (Å²) in [6, 6.07) is 4.25. The van der Waals surface area contributed by atoms with Gasteiger partial charge in [0.05, 0.1) is 18.6 Å². The first-order valence-electron chi connectivity index (χ1n) is 29.1. The van der Waals surface area contributed by atoms with Crippen molar-refractivity contribution in [2.45, 2.75) is 195 Å². The molecule has 0 saturated carbocycles. The van der Waals surface area contributed by atoms with E-state index in [2.05, 4.69) is 30.9 Å². The number of rotatable bonds is 27. The maximum Gasteiger partial charge on any atom is 0.303 e. The Bertz CT molecular complexity index is 3130. The van der Waals surface area contributed by atoms with E-state index in [4.69, 9.17) is 85.3 Å². The quantitative estimate of drug-likeness (QED) is 0.0558. The molecule has 0 unspecified atom stereocenters. The summed E-state index contributed by atoms with van der Waals surface area (Å²) in [5, 5.41) is 25.0. The van der Waals surface area contributed by atoms with Crippen LogP contribution in [0.3, 0.4) is 0 Å². The van der Waals surface area contributed by atoms with Crippen molar-refractivity contribution >= 4 is 71.6 Å². The number of aromatic nitrogens is 9. The molecule has 3 aliphatic rings. The van der Waals surface area contributed by atoms with E-state index >= 15 is 0 Å². The molecule has 0 amide bonds. The third kappa shape index (κ3) is 20.5. The summed E-state index contributed by atoms with van der Waals surface area (Å²) in [5.41, 5.74) is 0.276. The molecule has 39 heteroatoms. The van der Waals surface area contributed by atoms with Crippen LogP contribution < -0.4 is 14.2 Å². The molecule has 0 bridgehead atoms. The van der Waals surface area contributed by atoms with E-state index in [1.807, 2.05) is 0 Å². The topological polar surface area (TPSA) is 463 Å². The minimum absolute atomic E-state index is 0.0339. The van der Waals surface area contributed by atoms with Crippen LogP contribution in [-0.2, 0) is 148 Å². The maximum atomic E-state index is 12.6. The van der Waals surface area contributed by atoms with Crippen molar-refractivity contribution in [3.8, 4) is 17.2 Å². The first kappa shape index (κ1) is 73.0. The zero-order chi connectivity index (χ0) is 70.2. The predicted molar refractivity (Wildman–Crippen MR) is 301 cm³/mol. The van der Waals surface area contributed by atoms with E-state index in [0.717, 1.165) is 97.1 Å². The van der Waals surface area contributed by atoms with Gasteiger partial charge in [-0.15, -0.1) is 15.3 Å². The van der Waals surface area contributed by atoms with Crippen molar-refractivity contribution in [2.75, 3.05) is 19.8 Å². The molecule has 4 aromatic rings. The monoisotopic (exact) mass is 1360 g/mol. The molecule has 0 N–H and O–H groups in total. The summed E-state index contributed by atoms with van der Waals surface area (Å²) >= 11 is 0. The fourth-order valence-corrected chi connectivity index (χ4v) is 10.0. The van der Waals surface area contributed by atoms with Gasteiger partial charge in [-0.3, -0.25) is 57.5 Å². The lowest BCUT2D eigenvalue weighted by molar-refractivity contribution is -0.270. The van der Waals surface area contributed by atoms with Crippen LogP contribution in [0.1, 0.15) is 119 Å². The molecular weight excluding hydrogens is 1290 g/mol. The van der Waals surface area contributed by atoms with Crippen molar-refractivity contribution < 1.29 is 143 Å². The number of hydrogen-bond donors (Lipinski definition) is 0. The van der Waals surface area contributed by atoms with Gasteiger partial charge in [-0.2, -0.15) is 0 Å². The number of carbonyl (C=O) groups is 12. The number of hydrogen-bond acceptors (Lipinski definition) is 36. The summed E-state index contributed by atoms with van der Waals surface area (Å²) in [7, 11) is 0. The van der Waals surface area contributed by atoms with Crippen LogP contribution in [0.2, 0.25) is 0 Å². The van der Waals surface area contributed by atoms with Crippen LogP contribution >= 0.6 is 0 Å². The molecule has 15 atom stereocenters. The number of benzene rings is 1.